The second-order valence-corrected chi connectivity index (χ2v) is 13.1. The molecule has 0 aliphatic carbocycles. The van der Waals surface area contributed by atoms with Crippen LogP contribution >= 0.6 is 22.1 Å². The molecule has 0 fully saturated rings. The third-order valence-corrected chi connectivity index (χ3v) is 11.9. The molecular formula is C22H13F9O3S3. The maximum absolute atomic E-state index is 14.8. The summed E-state index contributed by atoms with van der Waals surface area (Å²) >= 11 is 1.07. The second-order valence-electron chi connectivity index (χ2n) is 7.55. The quantitative estimate of drug-likeness (QED) is 0.271. The van der Waals surface area contributed by atoms with Crippen LogP contribution in [0.1, 0.15) is 0 Å². The first-order valence-corrected chi connectivity index (χ1v) is 13.7. The van der Waals surface area contributed by atoms with E-state index in [0.29, 0.717) is 0 Å². The van der Waals surface area contributed by atoms with Crippen molar-refractivity contribution in [2.24, 2.45) is 0 Å². The van der Waals surface area contributed by atoms with E-state index in [-0.39, 0.29) is 24.5 Å². The van der Waals surface area contributed by atoms with Gasteiger partial charge in [-0.15, -0.1) is 0 Å². The lowest BCUT2D eigenvalue weighted by molar-refractivity contribution is -0.382. The minimum absolute atomic E-state index is 0.0600. The topological polar surface area (TPSA) is 43.4 Å². The summed E-state index contributed by atoms with van der Waals surface area (Å²) in [5.41, 5.74) is 0. The molecular weight excluding hydrogens is 579 g/mol. The molecule has 3 aromatic carbocycles. The Morgan fingerprint density at radius 3 is 1.51 bits per heavy atom. The van der Waals surface area contributed by atoms with Gasteiger partial charge in [-0.25, -0.2) is 3.63 Å². The van der Waals surface area contributed by atoms with Gasteiger partial charge in [-0.1, -0.05) is 54.2 Å². The molecule has 1 heterocycles. The zero-order valence-corrected chi connectivity index (χ0v) is 20.3. The van der Waals surface area contributed by atoms with E-state index in [1.165, 1.54) is 78.9 Å². The third-order valence-electron chi connectivity index (χ3n) is 5.23. The van der Waals surface area contributed by atoms with Crippen molar-refractivity contribution in [1.29, 1.82) is 0 Å². The lowest BCUT2D eigenvalue weighted by Crippen LogP contribution is -2.63. The van der Waals surface area contributed by atoms with Crippen molar-refractivity contribution in [2.75, 3.05) is 0 Å². The van der Waals surface area contributed by atoms with Gasteiger partial charge in [-0.3, -0.25) is 0 Å². The molecule has 0 bridgehead atoms. The Kier molecular flexibility index (Phi) is 6.62. The fraction of sp³-hybridized carbons (Fsp3) is 0.182. The lowest BCUT2D eigenvalue weighted by Gasteiger charge is -2.44. The fourth-order valence-electron chi connectivity index (χ4n) is 3.45. The first kappa shape index (κ1) is 27.7. The Morgan fingerprint density at radius 1 is 0.622 bits per heavy atom. The van der Waals surface area contributed by atoms with Gasteiger partial charge in [-0.05, 0) is 46.7 Å². The van der Waals surface area contributed by atoms with Gasteiger partial charge in [0.2, 0.25) is 0 Å². The standard InChI is InChI=1S/C22H13F9O3S3/c23-19(24,21(27,28)29)20(25,26)22(30,31)37(32,33)34-36(14-8-2-1-3-9-14)17-12-6-4-10-15(17)35-16-11-5-7-13-18(16)36/h1-13H. The monoisotopic (exact) mass is 592 g/mol. The van der Waals surface area contributed by atoms with E-state index in [9.17, 15) is 47.9 Å². The molecule has 0 saturated carbocycles. The summed E-state index contributed by atoms with van der Waals surface area (Å²) in [5, 5.41) is -7.00. The maximum atomic E-state index is 14.8. The number of rotatable bonds is 6. The van der Waals surface area contributed by atoms with Crippen molar-refractivity contribution >= 4 is 32.2 Å². The molecule has 1 aliphatic heterocycles. The first-order chi connectivity index (χ1) is 17.0. The van der Waals surface area contributed by atoms with Gasteiger partial charge in [0.1, 0.15) is 0 Å². The zero-order valence-electron chi connectivity index (χ0n) is 17.9. The van der Waals surface area contributed by atoms with Crippen LogP contribution in [0.15, 0.2) is 103 Å². The van der Waals surface area contributed by atoms with E-state index in [4.69, 9.17) is 3.63 Å². The van der Waals surface area contributed by atoms with E-state index in [2.05, 4.69) is 0 Å². The van der Waals surface area contributed by atoms with Crippen LogP contribution < -0.4 is 0 Å². The highest BCUT2D eigenvalue weighted by molar-refractivity contribution is 8.33. The number of hydrogen-bond acceptors (Lipinski definition) is 4. The summed E-state index contributed by atoms with van der Waals surface area (Å²) in [6.07, 6.45) is -7.19. The molecule has 0 spiro atoms. The Bertz CT molecular complexity index is 1380. The molecule has 200 valence electrons. The van der Waals surface area contributed by atoms with Crippen molar-refractivity contribution in [3.05, 3.63) is 78.9 Å². The number of hydrogen-bond donors (Lipinski definition) is 0. The second kappa shape index (κ2) is 8.85. The lowest BCUT2D eigenvalue weighted by atomic mass is 10.1. The molecule has 15 heteroatoms. The van der Waals surface area contributed by atoms with Crippen LogP contribution in [0.4, 0.5) is 39.5 Å². The highest BCUT2D eigenvalue weighted by Crippen LogP contribution is 2.76. The molecule has 0 radical (unpaired) electrons. The zero-order chi connectivity index (χ0) is 27.5. The Hall–Kier alpha value is -2.36. The number of fused-ring (bicyclic) bond motifs is 2. The molecule has 0 atom stereocenters. The van der Waals surface area contributed by atoms with Crippen LogP contribution in [-0.2, 0) is 13.7 Å². The predicted molar refractivity (Wildman–Crippen MR) is 117 cm³/mol. The van der Waals surface area contributed by atoms with Gasteiger partial charge in [0.25, 0.3) is 0 Å². The normalized spacial score (nSPS) is 17.0. The summed E-state index contributed by atoms with van der Waals surface area (Å²) in [5.74, 6) is -14.8. The van der Waals surface area contributed by atoms with E-state index in [1.807, 2.05) is 0 Å². The summed E-state index contributed by atoms with van der Waals surface area (Å²) in [6.45, 7) is 0. The third kappa shape index (κ3) is 4.01. The van der Waals surface area contributed by atoms with E-state index in [1.54, 1.807) is 0 Å². The molecule has 4 rings (SSSR count). The molecule has 0 aromatic heterocycles. The molecule has 0 amide bonds. The van der Waals surface area contributed by atoms with Crippen molar-refractivity contribution in [3.63, 3.8) is 0 Å². The molecule has 0 N–H and O–H groups in total. The van der Waals surface area contributed by atoms with Gasteiger partial charge < -0.3 is 0 Å². The Morgan fingerprint density at radius 2 is 1.05 bits per heavy atom. The summed E-state index contributed by atoms with van der Waals surface area (Å²) in [4.78, 5) is 0.308. The fourth-order valence-corrected chi connectivity index (χ4v) is 10.6. The molecule has 0 saturated heterocycles. The van der Waals surface area contributed by atoms with Crippen LogP contribution in [-0.4, -0.2) is 31.7 Å². The minimum atomic E-state index is -7.42. The SMILES string of the molecule is O=S(=O)(OS1(c2ccccc2)c2ccccc2Sc2ccccc21)C(F)(F)C(F)(F)C(F)(F)C(F)(F)F. The summed E-state index contributed by atoms with van der Waals surface area (Å²) < 4.78 is 153. The average Bonchev–Trinajstić information content (AvgIpc) is 2.83. The molecule has 3 aromatic rings. The minimum Gasteiger partial charge on any atom is -0.202 e. The van der Waals surface area contributed by atoms with Crippen molar-refractivity contribution < 1.29 is 51.6 Å². The van der Waals surface area contributed by atoms with Crippen LogP contribution in [0.2, 0.25) is 0 Å². The average molecular weight is 593 g/mol. The van der Waals surface area contributed by atoms with Gasteiger partial charge in [0.05, 0.1) is 0 Å². The van der Waals surface area contributed by atoms with Gasteiger partial charge in [-0.2, -0.15) is 47.9 Å². The first-order valence-electron chi connectivity index (χ1n) is 9.91. The van der Waals surface area contributed by atoms with Crippen LogP contribution in [0.25, 0.3) is 0 Å². The Balaban J connectivity index is 2.01. The summed E-state index contributed by atoms with van der Waals surface area (Å²) in [6, 6.07) is 17.9. The van der Waals surface area contributed by atoms with Crippen molar-refractivity contribution in [2.45, 2.75) is 47.8 Å². The largest absolute Gasteiger partial charge is 0.460 e. The molecule has 37 heavy (non-hydrogen) atoms. The smallest absolute Gasteiger partial charge is 0.202 e. The van der Waals surface area contributed by atoms with Crippen LogP contribution in [0, 0.1) is 0 Å². The number of alkyl halides is 9. The highest BCUT2D eigenvalue weighted by atomic mass is 32.3. The van der Waals surface area contributed by atoms with Gasteiger partial charge >= 0.3 is 33.4 Å². The summed E-state index contributed by atoms with van der Waals surface area (Å²) in [7, 11) is -11.1. The van der Waals surface area contributed by atoms with E-state index >= 15 is 0 Å². The highest BCUT2D eigenvalue weighted by Gasteiger charge is 2.86. The predicted octanol–water partition coefficient (Wildman–Crippen LogP) is 8.12. The van der Waals surface area contributed by atoms with Crippen molar-refractivity contribution in [3.8, 4) is 0 Å². The number of halogens is 9. The van der Waals surface area contributed by atoms with Gasteiger partial charge in [0.15, 0.2) is 0 Å². The van der Waals surface area contributed by atoms with Crippen LogP contribution in [0.3, 0.4) is 0 Å². The van der Waals surface area contributed by atoms with E-state index < -0.39 is 43.7 Å². The molecule has 0 unspecified atom stereocenters. The van der Waals surface area contributed by atoms with Crippen LogP contribution in [0.5, 0.6) is 0 Å². The molecule has 3 nitrogen and oxygen atoms in total. The Labute approximate surface area is 210 Å². The molecule has 1 aliphatic rings. The van der Waals surface area contributed by atoms with Gasteiger partial charge in [0, 0.05) is 24.5 Å². The number of benzene rings is 3. The maximum Gasteiger partial charge on any atom is 0.460 e. The van der Waals surface area contributed by atoms with E-state index in [0.717, 1.165) is 11.8 Å². The van der Waals surface area contributed by atoms with Crippen molar-refractivity contribution in [1.82, 2.24) is 0 Å².